The SMILES string of the molecule is O=C(Cc1ccc(-c2cnc3cc(-c4cc[nH]c(=O)c4)ccn23)cc1)Nc1cccc(C(F)(F)F)c1. The summed E-state index contributed by atoms with van der Waals surface area (Å²) < 4.78 is 40.6. The fourth-order valence-electron chi connectivity index (χ4n) is 3.96. The summed E-state index contributed by atoms with van der Waals surface area (Å²) in [4.78, 5) is 31.1. The van der Waals surface area contributed by atoms with Gasteiger partial charge in [-0.15, -0.1) is 0 Å². The number of alkyl halides is 3. The molecular formula is C27H19F3N4O2. The lowest BCUT2D eigenvalue weighted by Crippen LogP contribution is -2.15. The quantitative estimate of drug-likeness (QED) is 0.340. The summed E-state index contributed by atoms with van der Waals surface area (Å²) in [5, 5.41) is 2.52. The summed E-state index contributed by atoms with van der Waals surface area (Å²) in [6.45, 7) is 0. The van der Waals surface area contributed by atoms with E-state index in [-0.39, 0.29) is 17.7 Å². The Morgan fingerprint density at radius 2 is 1.72 bits per heavy atom. The van der Waals surface area contributed by atoms with Gasteiger partial charge in [-0.1, -0.05) is 30.3 Å². The number of carbonyl (C=O) groups excluding carboxylic acids is 1. The molecule has 0 saturated heterocycles. The Morgan fingerprint density at radius 1 is 0.944 bits per heavy atom. The molecule has 0 aliphatic rings. The highest BCUT2D eigenvalue weighted by Crippen LogP contribution is 2.31. The van der Waals surface area contributed by atoms with Gasteiger partial charge in [0.15, 0.2) is 0 Å². The number of nitrogens with zero attached hydrogens (tertiary/aromatic N) is 2. The summed E-state index contributed by atoms with van der Waals surface area (Å²) in [6, 6.07) is 19.0. The molecule has 0 aliphatic heterocycles. The van der Waals surface area contributed by atoms with Crippen molar-refractivity contribution in [1.29, 1.82) is 0 Å². The highest BCUT2D eigenvalue weighted by molar-refractivity contribution is 5.92. The van der Waals surface area contributed by atoms with Crippen LogP contribution in [0.2, 0.25) is 0 Å². The number of pyridine rings is 2. The Bertz CT molecular complexity index is 1620. The van der Waals surface area contributed by atoms with Gasteiger partial charge in [-0.3, -0.25) is 14.0 Å². The second kappa shape index (κ2) is 9.18. The predicted molar refractivity (Wildman–Crippen MR) is 130 cm³/mol. The summed E-state index contributed by atoms with van der Waals surface area (Å²) in [6.07, 6.45) is 0.761. The van der Waals surface area contributed by atoms with E-state index in [1.165, 1.54) is 18.2 Å². The highest BCUT2D eigenvalue weighted by atomic mass is 19.4. The van der Waals surface area contributed by atoms with Gasteiger partial charge in [0.1, 0.15) is 5.65 Å². The number of imidazole rings is 1. The Labute approximate surface area is 203 Å². The summed E-state index contributed by atoms with van der Waals surface area (Å²) in [5.74, 6) is -0.413. The molecule has 36 heavy (non-hydrogen) atoms. The highest BCUT2D eigenvalue weighted by Gasteiger charge is 2.30. The molecule has 3 aromatic heterocycles. The van der Waals surface area contributed by atoms with E-state index in [1.807, 2.05) is 40.9 Å². The van der Waals surface area contributed by atoms with E-state index in [9.17, 15) is 22.8 Å². The first-order valence-corrected chi connectivity index (χ1v) is 11.0. The number of fused-ring (bicyclic) bond motifs is 1. The molecule has 6 nitrogen and oxygen atoms in total. The summed E-state index contributed by atoms with van der Waals surface area (Å²) >= 11 is 0. The second-order valence-electron chi connectivity index (χ2n) is 8.23. The van der Waals surface area contributed by atoms with E-state index in [2.05, 4.69) is 15.3 Å². The molecule has 3 heterocycles. The van der Waals surface area contributed by atoms with Gasteiger partial charge in [-0.25, -0.2) is 4.98 Å². The van der Waals surface area contributed by atoms with Crippen LogP contribution in [0.1, 0.15) is 11.1 Å². The molecule has 180 valence electrons. The fraction of sp³-hybridized carbons (Fsp3) is 0.0741. The van der Waals surface area contributed by atoms with Gasteiger partial charge < -0.3 is 10.3 Å². The number of hydrogen-bond acceptors (Lipinski definition) is 3. The van der Waals surface area contributed by atoms with Crippen LogP contribution in [0.4, 0.5) is 18.9 Å². The largest absolute Gasteiger partial charge is 0.416 e. The zero-order valence-electron chi connectivity index (χ0n) is 18.7. The lowest BCUT2D eigenvalue weighted by molar-refractivity contribution is -0.137. The average molecular weight is 488 g/mol. The van der Waals surface area contributed by atoms with Gasteiger partial charge in [0.2, 0.25) is 11.5 Å². The number of anilines is 1. The Hall–Kier alpha value is -4.66. The third-order valence-corrected chi connectivity index (χ3v) is 5.71. The van der Waals surface area contributed by atoms with Crippen LogP contribution in [0.25, 0.3) is 28.0 Å². The van der Waals surface area contributed by atoms with Crippen molar-refractivity contribution in [3.05, 3.63) is 113 Å². The molecule has 2 aromatic carbocycles. The van der Waals surface area contributed by atoms with Crippen LogP contribution in [0.3, 0.4) is 0 Å². The van der Waals surface area contributed by atoms with Gasteiger partial charge in [-0.05, 0) is 53.1 Å². The molecule has 5 rings (SSSR count). The fourth-order valence-corrected chi connectivity index (χ4v) is 3.96. The van der Waals surface area contributed by atoms with Gasteiger partial charge >= 0.3 is 6.18 Å². The molecule has 0 spiro atoms. The zero-order valence-corrected chi connectivity index (χ0v) is 18.7. The number of benzene rings is 2. The first-order valence-electron chi connectivity index (χ1n) is 11.0. The van der Waals surface area contributed by atoms with Crippen molar-refractivity contribution in [1.82, 2.24) is 14.4 Å². The van der Waals surface area contributed by atoms with Gasteiger partial charge in [0.25, 0.3) is 0 Å². The van der Waals surface area contributed by atoms with E-state index in [4.69, 9.17) is 0 Å². The second-order valence-corrected chi connectivity index (χ2v) is 8.23. The lowest BCUT2D eigenvalue weighted by Gasteiger charge is -2.10. The molecule has 0 bridgehead atoms. The number of aromatic nitrogens is 3. The smallest absolute Gasteiger partial charge is 0.329 e. The standard InChI is InChI=1S/C27H19F3N4O2/c28-27(29,30)21-2-1-3-22(15-21)33-26(36)12-17-4-6-18(7-5-17)23-16-32-24-13-20(9-11-34(23)24)19-8-10-31-25(35)14-19/h1-11,13-16H,12H2,(H,31,35)(H,33,36). The molecule has 0 radical (unpaired) electrons. The number of halogens is 3. The van der Waals surface area contributed by atoms with E-state index < -0.39 is 17.6 Å². The minimum Gasteiger partial charge on any atom is -0.329 e. The molecule has 5 aromatic rings. The minimum absolute atomic E-state index is 0.0171. The maximum Gasteiger partial charge on any atom is 0.416 e. The average Bonchev–Trinajstić information content (AvgIpc) is 3.27. The first kappa shape index (κ1) is 23.1. The van der Waals surface area contributed by atoms with Crippen LogP contribution in [0.5, 0.6) is 0 Å². The van der Waals surface area contributed by atoms with Crippen LogP contribution in [0.15, 0.2) is 96.2 Å². The molecular weight excluding hydrogens is 469 g/mol. The number of rotatable bonds is 5. The van der Waals surface area contributed by atoms with Gasteiger partial charge in [0.05, 0.1) is 23.9 Å². The molecule has 1 amide bonds. The van der Waals surface area contributed by atoms with Crippen molar-refractivity contribution in [3.8, 4) is 22.4 Å². The number of hydrogen-bond donors (Lipinski definition) is 2. The van der Waals surface area contributed by atoms with Gasteiger partial charge in [-0.2, -0.15) is 13.2 Å². The third kappa shape index (κ3) is 4.90. The molecule has 9 heteroatoms. The molecule has 0 aliphatic carbocycles. The number of aromatic amines is 1. The molecule has 2 N–H and O–H groups in total. The maximum absolute atomic E-state index is 12.9. The van der Waals surface area contributed by atoms with Gasteiger partial charge in [0, 0.05) is 29.7 Å². The Balaban J connectivity index is 1.30. The maximum atomic E-state index is 12.9. The van der Waals surface area contributed by atoms with Crippen LogP contribution < -0.4 is 10.9 Å². The minimum atomic E-state index is -4.48. The summed E-state index contributed by atoms with van der Waals surface area (Å²) in [5.41, 5.74) is 3.92. The van der Waals surface area contributed by atoms with E-state index >= 15 is 0 Å². The van der Waals surface area contributed by atoms with Crippen molar-refractivity contribution >= 4 is 17.2 Å². The number of nitrogens with one attached hydrogen (secondary N) is 2. The van der Waals surface area contributed by atoms with E-state index in [0.717, 1.165) is 34.5 Å². The van der Waals surface area contributed by atoms with Crippen LogP contribution in [0, 0.1) is 0 Å². The van der Waals surface area contributed by atoms with E-state index in [1.54, 1.807) is 24.5 Å². The van der Waals surface area contributed by atoms with Crippen molar-refractivity contribution < 1.29 is 18.0 Å². The Morgan fingerprint density at radius 3 is 2.47 bits per heavy atom. The topological polar surface area (TPSA) is 79.3 Å². The molecule has 0 saturated carbocycles. The van der Waals surface area contributed by atoms with Crippen molar-refractivity contribution in [2.24, 2.45) is 0 Å². The monoisotopic (exact) mass is 488 g/mol. The number of amides is 1. The van der Waals surface area contributed by atoms with Crippen molar-refractivity contribution in [2.75, 3.05) is 5.32 Å². The molecule has 0 unspecified atom stereocenters. The number of carbonyl (C=O) groups is 1. The van der Waals surface area contributed by atoms with Crippen LogP contribution >= 0.6 is 0 Å². The third-order valence-electron chi connectivity index (χ3n) is 5.71. The summed E-state index contributed by atoms with van der Waals surface area (Å²) in [7, 11) is 0. The normalized spacial score (nSPS) is 11.5. The first-order chi connectivity index (χ1) is 17.3. The van der Waals surface area contributed by atoms with Crippen molar-refractivity contribution in [3.63, 3.8) is 0 Å². The Kier molecular flexibility index (Phi) is 5.89. The van der Waals surface area contributed by atoms with Crippen LogP contribution in [-0.2, 0) is 17.4 Å². The molecule has 0 atom stereocenters. The van der Waals surface area contributed by atoms with Crippen LogP contribution in [-0.4, -0.2) is 20.3 Å². The molecule has 0 fully saturated rings. The zero-order chi connectivity index (χ0) is 25.3. The predicted octanol–water partition coefficient (Wildman–Crippen LogP) is 5.56. The van der Waals surface area contributed by atoms with E-state index in [0.29, 0.717) is 11.2 Å². The lowest BCUT2D eigenvalue weighted by atomic mass is 10.1. The number of H-pyrrole nitrogens is 1. The van der Waals surface area contributed by atoms with Crippen molar-refractivity contribution in [2.45, 2.75) is 12.6 Å².